The van der Waals surface area contributed by atoms with E-state index in [1.165, 1.54) is 10.9 Å². The fraction of sp³-hybridized carbons (Fsp3) is 0. The Morgan fingerprint density at radius 3 is 1.72 bits per heavy atom. The molecule has 46 heavy (non-hydrogen) atoms. The molecule has 0 spiro atoms. The topological polar surface area (TPSA) is 51.6 Å². The predicted octanol–water partition coefficient (Wildman–Crippen LogP) is 10.5. The first-order chi connectivity index (χ1) is 22.8. The summed E-state index contributed by atoms with van der Waals surface area (Å²) < 4.78 is 0. The molecule has 0 saturated heterocycles. The molecule has 0 fully saturated rings. The first kappa shape index (κ1) is 26.2. The number of pyridine rings is 4. The number of hydrogen-bond donors (Lipinski definition) is 0. The average molecular weight is 587 g/mol. The van der Waals surface area contributed by atoms with Gasteiger partial charge < -0.3 is 0 Å². The van der Waals surface area contributed by atoms with Crippen LogP contribution in [0, 0.1) is 0 Å². The van der Waals surface area contributed by atoms with Crippen molar-refractivity contribution in [1.82, 2.24) is 19.9 Å². The van der Waals surface area contributed by atoms with Crippen molar-refractivity contribution in [3.63, 3.8) is 0 Å². The molecule has 0 radical (unpaired) electrons. The van der Waals surface area contributed by atoms with Crippen LogP contribution in [0.3, 0.4) is 0 Å². The first-order valence-corrected chi connectivity index (χ1v) is 15.4. The number of aromatic nitrogens is 4. The van der Waals surface area contributed by atoms with E-state index in [2.05, 4.69) is 133 Å². The van der Waals surface area contributed by atoms with Gasteiger partial charge >= 0.3 is 0 Å². The lowest BCUT2D eigenvalue weighted by molar-refractivity contribution is 1.29. The SMILES string of the molecule is c1ccc(-c2ccnc3c2ccc2c(-c4cccc(-c5cccc(-c6nc7ccccc7c7ccccc67)n5)c4)ccnc23)cc1. The summed E-state index contributed by atoms with van der Waals surface area (Å²) in [5, 5.41) is 5.59. The summed E-state index contributed by atoms with van der Waals surface area (Å²) in [4.78, 5) is 19.9. The number of hydrogen-bond acceptors (Lipinski definition) is 4. The quantitative estimate of drug-likeness (QED) is 0.193. The number of para-hydroxylation sites is 1. The summed E-state index contributed by atoms with van der Waals surface area (Å²) in [5.74, 6) is 0. The number of benzene rings is 5. The average Bonchev–Trinajstić information content (AvgIpc) is 3.14. The van der Waals surface area contributed by atoms with Crippen LogP contribution in [0.2, 0.25) is 0 Å². The Hall–Kier alpha value is -6.26. The lowest BCUT2D eigenvalue weighted by atomic mass is 9.95. The van der Waals surface area contributed by atoms with E-state index < -0.39 is 0 Å². The van der Waals surface area contributed by atoms with E-state index in [1.54, 1.807) is 0 Å². The maximum atomic E-state index is 5.16. The molecule has 214 valence electrons. The van der Waals surface area contributed by atoms with Gasteiger partial charge in [0, 0.05) is 39.5 Å². The van der Waals surface area contributed by atoms with E-state index in [0.717, 1.165) is 77.4 Å². The molecule has 0 saturated carbocycles. The second kappa shape index (κ2) is 10.7. The van der Waals surface area contributed by atoms with Crippen molar-refractivity contribution in [2.24, 2.45) is 0 Å². The minimum Gasteiger partial charge on any atom is -0.254 e. The van der Waals surface area contributed by atoms with Crippen molar-refractivity contribution >= 4 is 43.5 Å². The third-order valence-corrected chi connectivity index (χ3v) is 8.78. The van der Waals surface area contributed by atoms with Crippen molar-refractivity contribution in [1.29, 1.82) is 0 Å². The Morgan fingerprint density at radius 2 is 0.935 bits per heavy atom. The summed E-state index contributed by atoms with van der Waals surface area (Å²) in [6.45, 7) is 0. The fourth-order valence-electron chi connectivity index (χ4n) is 6.62. The smallest absolute Gasteiger partial charge is 0.0972 e. The molecule has 0 aliphatic heterocycles. The normalized spacial score (nSPS) is 11.5. The van der Waals surface area contributed by atoms with Crippen LogP contribution in [-0.4, -0.2) is 19.9 Å². The maximum absolute atomic E-state index is 5.16. The Labute approximate surface area is 265 Å². The number of nitrogens with zero attached hydrogens (tertiary/aromatic N) is 4. The molecule has 0 amide bonds. The van der Waals surface area contributed by atoms with E-state index in [4.69, 9.17) is 19.9 Å². The zero-order valence-corrected chi connectivity index (χ0v) is 24.8. The van der Waals surface area contributed by atoms with Gasteiger partial charge in [0.1, 0.15) is 0 Å². The maximum Gasteiger partial charge on any atom is 0.0972 e. The molecule has 4 aromatic heterocycles. The van der Waals surface area contributed by atoms with Crippen LogP contribution in [0.5, 0.6) is 0 Å². The monoisotopic (exact) mass is 586 g/mol. The summed E-state index contributed by atoms with van der Waals surface area (Å²) in [5.41, 5.74) is 11.0. The van der Waals surface area contributed by atoms with Crippen molar-refractivity contribution in [3.8, 4) is 44.9 Å². The van der Waals surface area contributed by atoms with Gasteiger partial charge in [-0.05, 0) is 64.0 Å². The Kier molecular flexibility index (Phi) is 6.10. The van der Waals surface area contributed by atoms with E-state index in [0.29, 0.717) is 0 Å². The molecule has 4 heteroatoms. The number of rotatable bonds is 4. The highest BCUT2D eigenvalue weighted by atomic mass is 14.8. The molecule has 5 aromatic carbocycles. The van der Waals surface area contributed by atoms with Crippen LogP contribution in [-0.2, 0) is 0 Å². The third-order valence-electron chi connectivity index (χ3n) is 8.78. The lowest BCUT2D eigenvalue weighted by Gasteiger charge is -2.12. The van der Waals surface area contributed by atoms with Gasteiger partial charge in [-0.15, -0.1) is 0 Å². The van der Waals surface area contributed by atoms with Gasteiger partial charge in [0.2, 0.25) is 0 Å². The molecular weight excluding hydrogens is 560 g/mol. The highest BCUT2D eigenvalue weighted by Gasteiger charge is 2.15. The second-order valence-electron chi connectivity index (χ2n) is 11.5. The van der Waals surface area contributed by atoms with Crippen molar-refractivity contribution in [2.75, 3.05) is 0 Å². The largest absolute Gasteiger partial charge is 0.254 e. The minimum absolute atomic E-state index is 0.853. The van der Waals surface area contributed by atoms with Gasteiger partial charge in [-0.1, -0.05) is 109 Å². The van der Waals surface area contributed by atoms with Crippen LogP contribution in [0.25, 0.3) is 88.4 Å². The highest BCUT2D eigenvalue weighted by Crippen LogP contribution is 2.37. The van der Waals surface area contributed by atoms with Gasteiger partial charge in [-0.25, -0.2) is 9.97 Å². The standard InChI is InChI=1S/C42H26N4/c1-2-10-27(11-3-1)30-22-24-43-41-35(30)20-21-36-31(23-25-44-42(36)41)28-12-8-13-29(26-28)37-18-9-19-39(45-37)40-34-16-5-4-14-32(34)33-15-6-7-17-38(33)46-40/h1-26H. The molecule has 9 aromatic rings. The third kappa shape index (κ3) is 4.31. The summed E-state index contributed by atoms with van der Waals surface area (Å²) in [7, 11) is 0. The molecule has 9 rings (SSSR count). The van der Waals surface area contributed by atoms with E-state index in [1.807, 2.05) is 24.5 Å². The molecule has 0 aliphatic carbocycles. The van der Waals surface area contributed by atoms with Gasteiger partial charge in [-0.2, -0.15) is 0 Å². The van der Waals surface area contributed by atoms with Gasteiger partial charge in [-0.3, -0.25) is 9.97 Å². The first-order valence-electron chi connectivity index (χ1n) is 15.4. The number of fused-ring (bicyclic) bond motifs is 6. The Morgan fingerprint density at radius 1 is 0.348 bits per heavy atom. The zero-order chi connectivity index (χ0) is 30.5. The van der Waals surface area contributed by atoms with Crippen molar-refractivity contribution in [2.45, 2.75) is 0 Å². The van der Waals surface area contributed by atoms with Crippen molar-refractivity contribution in [3.05, 3.63) is 158 Å². The molecular formula is C42H26N4. The van der Waals surface area contributed by atoms with E-state index in [-0.39, 0.29) is 0 Å². The lowest BCUT2D eigenvalue weighted by Crippen LogP contribution is -1.94. The summed E-state index contributed by atoms with van der Waals surface area (Å²) >= 11 is 0. The zero-order valence-electron chi connectivity index (χ0n) is 24.8. The molecule has 0 atom stereocenters. The van der Waals surface area contributed by atoms with E-state index in [9.17, 15) is 0 Å². The summed E-state index contributed by atoms with van der Waals surface area (Å²) in [6, 6.07) is 50.5. The Bertz CT molecular complexity index is 2590. The van der Waals surface area contributed by atoms with Crippen LogP contribution in [0.1, 0.15) is 0 Å². The van der Waals surface area contributed by atoms with E-state index >= 15 is 0 Å². The second-order valence-corrected chi connectivity index (χ2v) is 11.5. The molecule has 0 unspecified atom stereocenters. The fourth-order valence-corrected chi connectivity index (χ4v) is 6.62. The van der Waals surface area contributed by atoms with Crippen LogP contribution < -0.4 is 0 Å². The van der Waals surface area contributed by atoms with Gasteiger partial charge in [0.05, 0.1) is 33.6 Å². The van der Waals surface area contributed by atoms with Gasteiger partial charge in [0.15, 0.2) is 0 Å². The molecule has 4 nitrogen and oxygen atoms in total. The predicted molar refractivity (Wildman–Crippen MR) is 189 cm³/mol. The van der Waals surface area contributed by atoms with Crippen LogP contribution in [0.15, 0.2) is 158 Å². The highest BCUT2D eigenvalue weighted by molar-refractivity contribution is 6.12. The molecule has 0 N–H and O–H groups in total. The van der Waals surface area contributed by atoms with Crippen molar-refractivity contribution < 1.29 is 0 Å². The van der Waals surface area contributed by atoms with Gasteiger partial charge in [0.25, 0.3) is 0 Å². The minimum atomic E-state index is 0.853. The van der Waals surface area contributed by atoms with Crippen LogP contribution >= 0.6 is 0 Å². The molecule has 0 bridgehead atoms. The Balaban J connectivity index is 1.16. The molecule has 4 heterocycles. The molecule has 0 aliphatic rings. The van der Waals surface area contributed by atoms with Crippen LogP contribution in [0.4, 0.5) is 0 Å². The summed E-state index contributed by atoms with van der Waals surface area (Å²) in [6.07, 6.45) is 3.77.